The summed E-state index contributed by atoms with van der Waals surface area (Å²) in [6.07, 6.45) is 3.67. The zero-order valence-electron chi connectivity index (χ0n) is 13.1. The molecule has 0 aliphatic rings. The summed E-state index contributed by atoms with van der Waals surface area (Å²) in [5.41, 5.74) is 2.83. The number of nitrogens with zero attached hydrogens (tertiary/aromatic N) is 1. The summed E-state index contributed by atoms with van der Waals surface area (Å²) in [5.74, 6) is 0. The van der Waals surface area contributed by atoms with Crippen molar-refractivity contribution in [3.8, 4) is 0 Å². The molecule has 0 saturated carbocycles. The minimum Gasteiger partial charge on any atom is -0.313 e. The van der Waals surface area contributed by atoms with Gasteiger partial charge in [0.15, 0.2) is 0 Å². The van der Waals surface area contributed by atoms with E-state index >= 15 is 0 Å². The van der Waals surface area contributed by atoms with Gasteiger partial charge in [-0.15, -0.1) is 0 Å². The predicted molar refractivity (Wildman–Crippen MR) is 84.6 cm³/mol. The van der Waals surface area contributed by atoms with Gasteiger partial charge in [0.1, 0.15) is 0 Å². The van der Waals surface area contributed by atoms with Gasteiger partial charge in [-0.3, -0.25) is 0 Å². The van der Waals surface area contributed by atoms with Crippen LogP contribution in [0.3, 0.4) is 0 Å². The molecule has 1 aromatic carbocycles. The van der Waals surface area contributed by atoms with Crippen molar-refractivity contribution < 1.29 is 0 Å². The minimum absolute atomic E-state index is 0.470. The quantitative estimate of drug-likeness (QED) is 0.729. The third kappa shape index (κ3) is 5.33. The molecule has 0 fully saturated rings. The second-order valence-electron chi connectivity index (χ2n) is 5.33. The number of rotatable bonds is 9. The first kappa shape index (κ1) is 16.2. The van der Waals surface area contributed by atoms with E-state index in [1.54, 1.807) is 0 Å². The average Bonchev–Trinajstić information content (AvgIpc) is 2.41. The molecule has 2 nitrogen and oxygen atoms in total. The second kappa shape index (κ2) is 9.11. The standard InChI is InChI=1S/C17H30N2/c1-5-12-19(13-6-2)14-11-17(18-4)16-10-8-7-9-15(16)3/h7-10,17-18H,5-6,11-14H2,1-4H3. The summed E-state index contributed by atoms with van der Waals surface area (Å²) in [4.78, 5) is 2.59. The van der Waals surface area contributed by atoms with Crippen molar-refractivity contribution in [2.75, 3.05) is 26.7 Å². The lowest BCUT2D eigenvalue weighted by atomic mass is 9.98. The molecule has 0 saturated heterocycles. The molecule has 0 bridgehead atoms. The number of aryl methyl sites for hydroxylation is 1. The van der Waals surface area contributed by atoms with Gasteiger partial charge in [0, 0.05) is 6.04 Å². The Morgan fingerprint density at radius 2 is 1.68 bits per heavy atom. The normalized spacial score (nSPS) is 12.9. The van der Waals surface area contributed by atoms with Crippen LogP contribution < -0.4 is 5.32 Å². The van der Waals surface area contributed by atoms with Crippen LogP contribution >= 0.6 is 0 Å². The highest BCUT2D eigenvalue weighted by molar-refractivity contribution is 5.28. The van der Waals surface area contributed by atoms with Gasteiger partial charge in [-0.1, -0.05) is 38.1 Å². The van der Waals surface area contributed by atoms with Gasteiger partial charge in [-0.2, -0.15) is 0 Å². The number of benzene rings is 1. The molecule has 1 aromatic rings. The van der Waals surface area contributed by atoms with Crippen molar-refractivity contribution in [1.82, 2.24) is 10.2 Å². The molecule has 0 aromatic heterocycles. The lowest BCUT2D eigenvalue weighted by Gasteiger charge is -2.25. The Labute approximate surface area is 119 Å². The van der Waals surface area contributed by atoms with Crippen molar-refractivity contribution in [2.24, 2.45) is 0 Å². The van der Waals surface area contributed by atoms with E-state index < -0.39 is 0 Å². The Balaban J connectivity index is 2.59. The lowest BCUT2D eigenvalue weighted by Crippen LogP contribution is -2.30. The molecule has 0 heterocycles. The minimum atomic E-state index is 0.470. The summed E-state index contributed by atoms with van der Waals surface area (Å²) in [6, 6.07) is 9.18. The van der Waals surface area contributed by atoms with E-state index in [1.807, 2.05) is 0 Å². The fourth-order valence-corrected chi connectivity index (χ4v) is 2.71. The monoisotopic (exact) mass is 262 g/mol. The topological polar surface area (TPSA) is 15.3 Å². The number of hydrogen-bond acceptors (Lipinski definition) is 2. The van der Waals surface area contributed by atoms with Crippen molar-refractivity contribution in [3.63, 3.8) is 0 Å². The highest BCUT2D eigenvalue weighted by Gasteiger charge is 2.13. The van der Waals surface area contributed by atoms with Crippen LogP contribution in [0.25, 0.3) is 0 Å². The van der Waals surface area contributed by atoms with Crippen molar-refractivity contribution >= 4 is 0 Å². The third-order valence-electron chi connectivity index (χ3n) is 3.73. The Kier molecular flexibility index (Phi) is 7.76. The molecule has 108 valence electrons. The van der Waals surface area contributed by atoms with Crippen LogP contribution in [0.5, 0.6) is 0 Å². The summed E-state index contributed by atoms with van der Waals surface area (Å²) in [5, 5.41) is 3.47. The molecular weight excluding hydrogens is 232 g/mol. The highest BCUT2D eigenvalue weighted by atomic mass is 15.1. The molecular formula is C17H30N2. The van der Waals surface area contributed by atoms with Gasteiger partial charge in [-0.25, -0.2) is 0 Å². The van der Waals surface area contributed by atoms with E-state index in [0.717, 1.165) is 0 Å². The predicted octanol–water partition coefficient (Wildman–Crippen LogP) is 3.77. The van der Waals surface area contributed by atoms with Gasteiger partial charge in [-0.05, 0) is 64.0 Å². The van der Waals surface area contributed by atoms with Crippen molar-refractivity contribution in [3.05, 3.63) is 35.4 Å². The van der Waals surface area contributed by atoms with E-state index in [4.69, 9.17) is 0 Å². The summed E-state index contributed by atoms with van der Waals surface area (Å²) in [6.45, 7) is 10.4. The van der Waals surface area contributed by atoms with E-state index in [0.29, 0.717) is 6.04 Å². The molecule has 1 rings (SSSR count). The third-order valence-corrected chi connectivity index (χ3v) is 3.73. The Morgan fingerprint density at radius 1 is 1.05 bits per heavy atom. The van der Waals surface area contributed by atoms with Crippen molar-refractivity contribution in [1.29, 1.82) is 0 Å². The molecule has 0 radical (unpaired) electrons. The van der Waals surface area contributed by atoms with Crippen LogP contribution in [0.2, 0.25) is 0 Å². The first-order chi connectivity index (χ1) is 9.22. The van der Waals surface area contributed by atoms with Crippen LogP contribution in [-0.2, 0) is 0 Å². The molecule has 1 unspecified atom stereocenters. The van der Waals surface area contributed by atoms with Crippen LogP contribution in [0.15, 0.2) is 24.3 Å². The maximum atomic E-state index is 3.47. The number of nitrogens with one attached hydrogen (secondary N) is 1. The highest BCUT2D eigenvalue weighted by Crippen LogP contribution is 2.20. The van der Waals surface area contributed by atoms with Gasteiger partial charge >= 0.3 is 0 Å². The molecule has 0 aliphatic heterocycles. The Hall–Kier alpha value is -0.860. The van der Waals surface area contributed by atoms with Crippen LogP contribution in [0, 0.1) is 6.92 Å². The molecule has 19 heavy (non-hydrogen) atoms. The number of hydrogen-bond donors (Lipinski definition) is 1. The van der Waals surface area contributed by atoms with E-state index in [9.17, 15) is 0 Å². The summed E-state index contributed by atoms with van der Waals surface area (Å²) >= 11 is 0. The average molecular weight is 262 g/mol. The molecule has 1 atom stereocenters. The zero-order chi connectivity index (χ0) is 14.1. The molecule has 1 N–H and O–H groups in total. The SMILES string of the molecule is CCCN(CCC)CCC(NC)c1ccccc1C. The van der Waals surface area contributed by atoms with Gasteiger partial charge in [0.25, 0.3) is 0 Å². The fraction of sp³-hybridized carbons (Fsp3) is 0.647. The molecule has 0 aliphatic carbocycles. The maximum absolute atomic E-state index is 3.47. The molecule has 0 spiro atoms. The van der Waals surface area contributed by atoms with Gasteiger partial charge < -0.3 is 10.2 Å². The molecule has 0 amide bonds. The summed E-state index contributed by atoms with van der Waals surface area (Å²) in [7, 11) is 2.07. The van der Waals surface area contributed by atoms with Crippen LogP contribution in [-0.4, -0.2) is 31.6 Å². The maximum Gasteiger partial charge on any atom is 0.0332 e. The van der Waals surface area contributed by atoms with E-state index in [-0.39, 0.29) is 0 Å². The smallest absolute Gasteiger partial charge is 0.0332 e. The van der Waals surface area contributed by atoms with Gasteiger partial charge in [0.2, 0.25) is 0 Å². The Morgan fingerprint density at radius 3 is 2.21 bits per heavy atom. The van der Waals surface area contributed by atoms with Crippen molar-refractivity contribution in [2.45, 2.75) is 46.1 Å². The lowest BCUT2D eigenvalue weighted by molar-refractivity contribution is 0.259. The zero-order valence-corrected chi connectivity index (χ0v) is 13.1. The second-order valence-corrected chi connectivity index (χ2v) is 5.33. The van der Waals surface area contributed by atoms with Crippen LogP contribution in [0.1, 0.15) is 50.3 Å². The largest absolute Gasteiger partial charge is 0.313 e. The first-order valence-corrected chi connectivity index (χ1v) is 7.68. The van der Waals surface area contributed by atoms with Crippen LogP contribution in [0.4, 0.5) is 0 Å². The first-order valence-electron chi connectivity index (χ1n) is 7.68. The molecule has 2 heteroatoms. The van der Waals surface area contributed by atoms with E-state index in [2.05, 4.69) is 62.3 Å². The summed E-state index contributed by atoms with van der Waals surface area (Å²) < 4.78 is 0. The fourth-order valence-electron chi connectivity index (χ4n) is 2.71. The van der Waals surface area contributed by atoms with Gasteiger partial charge in [0.05, 0.1) is 0 Å². The van der Waals surface area contributed by atoms with E-state index in [1.165, 1.54) is 50.0 Å². The Bertz CT molecular complexity index is 343.